The number of hydrogen-bond donors (Lipinski definition) is 3. The third kappa shape index (κ3) is 5.08. The second-order valence-electron chi connectivity index (χ2n) is 5.27. The van der Waals surface area contributed by atoms with Crippen LogP contribution in [0, 0.1) is 6.92 Å². The molecule has 6 heteroatoms. The molecule has 24 heavy (non-hydrogen) atoms. The number of rotatable bonds is 5. The van der Waals surface area contributed by atoms with E-state index in [2.05, 4.69) is 48.1 Å². The predicted molar refractivity (Wildman–Crippen MR) is 101 cm³/mol. The van der Waals surface area contributed by atoms with Crippen molar-refractivity contribution in [1.82, 2.24) is 0 Å². The van der Waals surface area contributed by atoms with E-state index in [0.717, 1.165) is 29.2 Å². The molecule has 2 amide bonds. The quantitative estimate of drug-likeness (QED) is 0.708. The molecule has 0 saturated carbocycles. The van der Waals surface area contributed by atoms with Crippen molar-refractivity contribution in [3.05, 3.63) is 48.0 Å². The number of nitrogens with one attached hydrogen (secondary N) is 2. The van der Waals surface area contributed by atoms with Crippen LogP contribution in [0.3, 0.4) is 0 Å². The number of hydrogen-bond acceptors (Lipinski definition) is 3. The van der Waals surface area contributed by atoms with Crippen LogP contribution in [-0.4, -0.2) is 19.1 Å². The van der Waals surface area contributed by atoms with Crippen molar-refractivity contribution in [2.24, 2.45) is 0 Å². The molecule has 0 aromatic heterocycles. The summed E-state index contributed by atoms with van der Waals surface area (Å²) in [6.45, 7) is 8.18. The molecule has 0 heterocycles. The van der Waals surface area contributed by atoms with Gasteiger partial charge in [-0.15, -0.1) is 12.6 Å². The lowest BCUT2D eigenvalue weighted by atomic mass is 10.1. The number of thiol groups is 1. The van der Waals surface area contributed by atoms with Gasteiger partial charge in [-0.3, -0.25) is 0 Å². The van der Waals surface area contributed by atoms with Gasteiger partial charge in [0, 0.05) is 29.4 Å². The van der Waals surface area contributed by atoms with Gasteiger partial charge in [-0.05, 0) is 56.7 Å². The van der Waals surface area contributed by atoms with Gasteiger partial charge in [-0.2, -0.15) is 0 Å². The van der Waals surface area contributed by atoms with E-state index in [4.69, 9.17) is 0 Å². The fraction of sp³-hybridized carbons (Fsp3) is 0.278. The van der Waals surface area contributed by atoms with E-state index in [1.54, 1.807) is 0 Å². The van der Waals surface area contributed by atoms with E-state index in [1.165, 1.54) is 5.69 Å². The third-order valence-electron chi connectivity index (χ3n) is 3.74. The number of nitrogens with zero attached hydrogens (tertiary/aromatic N) is 1. The van der Waals surface area contributed by atoms with E-state index in [9.17, 15) is 4.79 Å². The SMILES string of the molecule is CCN(CC)c1ccc(NC(=O)Nc2ccccc2S)c(C)c1.[Cl-]. The van der Waals surface area contributed by atoms with Gasteiger partial charge in [0.15, 0.2) is 0 Å². The molecule has 130 valence electrons. The number of benzene rings is 2. The number of carbonyl (C=O) groups excluding carboxylic acids is 1. The lowest BCUT2D eigenvalue weighted by Crippen LogP contribution is -3.00. The predicted octanol–water partition coefficient (Wildman–Crippen LogP) is 1.78. The maximum Gasteiger partial charge on any atom is 0.323 e. The largest absolute Gasteiger partial charge is 1.00 e. The molecule has 0 radical (unpaired) electrons. The Bertz CT molecular complexity index is 690. The molecule has 0 aliphatic carbocycles. The van der Waals surface area contributed by atoms with Gasteiger partial charge in [0.2, 0.25) is 0 Å². The van der Waals surface area contributed by atoms with Crippen LogP contribution in [0.25, 0.3) is 0 Å². The van der Waals surface area contributed by atoms with Gasteiger partial charge in [-0.1, -0.05) is 12.1 Å². The van der Waals surface area contributed by atoms with E-state index >= 15 is 0 Å². The van der Waals surface area contributed by atoms with Crippen LogP contribution in [0.15, 0.2) is 47.4 Å². The molecular weight excluding hydrogens is 342 g/mol. The number of carbonyl (C=O) groups is 1. The Hall–Kier alpha value is -1.85. The third-order valence-corrected chi connectivity index (χ3v) is 4.13. The zero-order valence-electron chi connectivity index (χ0n) is 14.1. The molecule has 0 aliphatic rings. The average molecular weight is 365 g/mol. The lowest BCUT2D eigenvalue weighted by molar-refractivity contribution is -0.00000762. The van der Waals surface area contributed by atoms with Crippen molar-refractivity contribution in [2.75, 3.05) is 28.6 Å². The molecule has 0 bridgehead atoms. The maximum atomic E-state index is 12.2. The molecule has 0 unspecified atom stereocenters. The topological polar surface area (TPSA) is 44.4 Å². The minimum absolute atomic E-state index is 0. The summed E-state index contributed by atoms with van der Waals surface area (Å²) in [5.41, 5.74) is 3.68. The molecule has 0 aliphatic heterocycles. The van der Waals surface area contributed by atoms with Crippen molar-refractivity contribution in [2.45, 2.75) is 25.7 Å². The Morgan fingerprint density at radius 3 is 2.25 bits per heavy atom. The minimum Gasteiger partial charge on any atom is -1.00 e. The van der Waals surface area contributed by atoms with Gasteiger partial charge < -0.3 is 27.9 Å². The Kier molecular flexibility index (Phi) is 7.95. The number of anilines is 3. The first-order valence-electron chi connectivity index (χ1n) is 7.76. The summed E-state index contributed by atoms with van der Waals surface area (Å²) in [5, 5.41) is 5.69. The second-order valence-corrected chi connectivity index (χ2v) is 5.75. The molecule has 0 spiro atoms. The zero-order valence-corrected chi connectivity index (χ0v) is 15.8. The fourth-order valence-electron chi connectivity index (χ4n) is 2.43. The summed E-state index contributed by atoms with van der Waals surface area (Å²) < 4.78 is 0. The van der Waals surface area contributed by atoms with E-state index in [-0.39, 0.29) is 18.4 Å². The molecule has 2 N–H and O–H groups in total. The highest BCUT2D eigenvalue weighted by Crippen LogP contribution is 2.23. The number of halogens is 1. The van der Waals surface area contributed by atoms with E-state index < -0.39 is 0 Å². The standard InChI is InChI=1S/C18H23N3OS.ClH/c1-4-21(5-2)14-10-11-15(13(3)12-14)19-18(22)20-16-8-6-7-9-17(16)23;/h6-12,23H,4-5H2,1-3H3,(H2,19,20,22);1H/p-1. The van der Waals surface area contributed by atoms with Gasteiger partial charge in [0.25, 0.3) is 0 Å². The Morgan fingerprint density at radius 1 is 1.04 bits per heavy atom. The highest BCUT2D eigenvalue weighted by molar-refractivity contribution is 7.80. The van der Waals surface area contributed by atoms with Crippen LogP contribution in [0.5, 0.6) is 0 Å². The van der Waals surface area contributed by atoms with Crippen molar-refractivity contribution in [1.29, 1.82) is 0 Å². The van der Waals surface area contributed by atoms with Gasteiger partial charge in [0.1, 0.15) is 0 Å². The Morgan fingerprint density at radius 2 is 1.67 bits per heavy atom. The summed E-state index contributed by atoms with van der Waals surface area (Å²) in [5.74, 6) is 0. The molecule has 0 fully saturated rings. The number of amides is 2. The number of para-hydroxylation sites is 1. The summed E-state index contributed by atoms with van der Waals surface area (Å²) >= 11 is 4.33. The molecule has 0 saturated heterocycles. The first-order chi connectivity index (χ1) is 11.0. The summed E-state index contributed by atoms with van der Waals surface area (Å²) in [4.78, 5) is 15.2. The monoisotopic (exact) mass is 364 g/mol. The van der Waals surface area contributed by atoms with Crippen LogP contribution in [-0.2, 0) is 0 Å². The molecule has 2 rings (SSSR count). The van der Waals surface area contributed by atoms with Gasteiger partial charge in [0.05, 0.1) is 5.69 Å². The fourth-order valence-corrected chi connectivity index (χ4v) is 2.65. The summed E-state index contributed by atoms with van der Waals surface area (Å²) in [7, 11) is 0. The second kappa shape index (κ2) is 9.45. The zero-order chi connectivity index (χ0) is 16.8. The van der Waals surface area contributed by atoms with Crippen molar-refractivity contribution < 1.29 is 17.2 Å². The molecule has 4 nitrogen and oxygen atoms in total. The Labute approximate surface area is 155 Å². The smallest absolute Gasteiger partial charge is 0.323 e. The van der Waals surface area contributed by atoms with E-state index in [0.29, 0.717) is 5.69 Å². The molecule has 0 atom stereocenters. The Balaban J connectivity index is 0.00000288. The molecule has 2 aromatic rings. The van der Waals surface area contributed by atoms with Crippen molar-refractivity contribution >= 4 is 35.7 Å². The number of aryl methyl sites for hydroxylation is 1. The minimum atomic E-state index is -0.273. The first-order valence-corrected chi connectivity index (χ1v) is 8.21. The average Bonchev–Trinajstić information content (AvgIpc) is 2.53. The summed E-state index contributed by atoms with van der Waals surface area (Å²) in [6, 6.07) is 13.2. The lowest BCUT2D eigenvalue weighted by Gasteiger charge is -2.22. The highest BCUT2D eigenvalue weighted by Gasteiger charge is 2.09. The van der Waals surface area contributed by atoms with Gasteiger partial charge >= 0.3 is 6.03 Å². The van der Waals surface area contributed by atoms with Gasteiger partial charge in [-0.25, -0.2) is 4.79 Å². The van der Waals surface area contributed by atoms with Crippen molar-refractivity contribution in [3.63, 3.8) is 0 Å². The van der Waals surface area contributed by atoms with E-state index in [1.807, 2.05) is 43.3 Å². The van der Waals surface area contributed by atoms with Crippen LogP contribution in [0.4, 0.5) is 21.9 Å². The van der Waals surface area contributed by atoms with Crippen LogP contribution < -0.4 is 27.9 Å². The maximum absolute atomic E-state index is 12.2. The number of urea groups is 1. The van der Waals surface area contributed by atoms with Crippen LogP contribution >= 0.6 is 12.6 Å². The summed E-state index contributed by atoms with van der Waals surface area (Å²) in [6.07, 6.45) is 0. The van der Waals surface area contributed by atoms with Crippen molar-refractivity contribution in [3.8, 4) is 0 Å². The molecule has 2 aromatic carbocycles. The first kappa shape index (κ1) is 20.2. The highest BCUT2D eigenvalue weighted by atomic mass is 35.5. The normalized spacial score (nSPS) is 9.83. The molecular formula is C18H23ClN3OS-. The van der Waals surface area contributed by atoms with Crippen LogP contribution in [0.2, 0.25) is 0 Å². The van der Waals surface area contributed by atoms with Crippen LogP contribution in [0.1, 0.15) is 19.4 Å².